The number of amides is 1. The largest absolute Gasteiger partial charge is 0.398 e. The summed E-state index contributed by atoms with van der Waals surface area (Å²) in [6.07, 6.45) is -3.83. The van der Waals surface area contributed by atoms with Crippen molar-refractivity contribution in [1.29, 1.82) is 0 Å². The first-order valence-electron chi connectivity index (χ1n) is 4.73. The second-order valence-corrected chi connectivity index (χ2v) is 4.34. The van der Waals surface area contributed by atoms with Gasteiger partial charge in [0.1, 0.15) is 0 Å². The Morgan fingerprint density at radius 2 is 2.06 bits per heavy atom. The van der Waals surface area contributed by atoms with Crippen molar-refractivity contribution in [2.75, 3.05) is 12.3 Å². The Morgan fingerprint density at radius 3 is 2.56 bits per heavy atom. The van der Waals surface area contributed by atoms with Crippen LogP contribution in [0.1, 0.15) is 10.4 Å². The second kappa shape index (κ2) is 5.55. The van der Waals surface area contributed by atoms with Crippen LogP contribution in [0.25, 0.3) is 0 Å². The molecule has 0 radical (unpaired) electrons. The van der Waals surface area contributed by atoms with Crippen LogP contribution >= 0.6 is 15.9 Å². The summed E-state index contributed by atoms with van der Waals surface area (Å²) >= 11 is 3.09. The summed E-state index contributed by atoms with van der Waals surface area (Å²) in [4.78, 5) is 11.4. The van der Waals surface area contributed by atoms with E-state index in [1.54, 1.807) is 5.32 Å². The maximum absolute atomic E-state index is 12.6. The van der Waals surface area contributed by atoms with Gasteiger partial charge in [0.05, 0.1) is 6.54 Å². The van der Waals surface area contributed by atoms with Crippen LogP contribution in [0.3, 0.4) is 0 Å². The van der Waals surface area contributed by atoms with Gasteiger partial charge in [-0.05, 0) is 34.1 Å². The smallest absolute Gasteiger partial charge is 0.324 e. The number of nitrogen functional groups attached to an aromatic ring is 1. The van der Waals surface area contributed by atoms with Crippen LogP contribution in [0.4, 0.5) is 23.2 Å². The van der Waals surface area contributed by atoms with Crippen molar-refractivity contribution < 1.29 is 22.4 Å². The summed E-state index contributed by atoms with van der Waals surface area (Å²) in [5, 5.41) is 1.73. The number of halogens is 5. The average molecular weight is 329 g/mol. The van der Waals surface area contributed by atoms with Crippen LogP contribution in [0.15, 0.2) is 22.7 Å². The summed E-state index contributed by atoms with van der Waals surface area (Å²) in [6.45, 7) is -1.43. The molecule has 3 N–H and O–H groups in total. The lowest BCUT2D eigenvalue weighted by molar-refractivity contribution is -0.123. The maximum Gasteiger partial charge on any atom is 0.324 e. The van der Waals surface area contributed by atoms with Crippen LogP contribution in [-0.2, 0) is 0 Å². The molecular formula is C10H9BrF4N2O. The van der Waals surface area contributed by atoms with Crippen molar-refractivity contribution >= 4 is 27.5 Å². The molecule has 0 aromatic heterocycles. The molecule has 8 heteroatoms. The minimum Gasteiger partial charge on any atom is -0.398 e. The molecule has 0 aliphatic heterocycles. The topological polar surface area (TPSA) is 55.1 Å². The van der Waals surface area contributed by atoms with Gasteiger partial charge in [0.25, 0.3) is 5.91 Å². The second-order valence-electron chi connectivity index (χ2n) is 3.48. The number of rotatable bonds is 4. The molecule has 0 aliphatic rings. The Bertz CT molecular complexity index is 454. The summed E-state index contributed by atoms with van der Waals surface area (Å²) in [5.74, 6) is -5.15. The van der Waals surface area contributed by atoms with E-state index in [9.17, 15) is 22.4 Å². The van der Waals surface area contributed by atoms with Gasteiger partial charge in [-0.3, -0.25) is 4.79 Å². The minimum absolute atomic E-state index is 0.0146. The fraction of sp³-hybridized carbons (Fsp3) is 0.300. The molecule has 0 spiro atoms. The van der Waals surface area contributed by atoms with Crippen LogP contribution in [0.2, 0.25) is 0 Å². The Balaban J connectivity index is 2.69. The Labute approximate surface area is 108 Å². The number of hydrogen-bond donors (Lipinski definition) is 2. The molecule has 0 bridgehead atoms. The molecule has 0 saturated carbocycles. The summed E-state index contributed by atoms with van der Waals surface area (Å²) < 4.78 is 49.4. The lowest BCUT2D eigenvalue weighted by atomic mass is 10.2. The average Bonchev–Trinajstić information content (AvgIpc) is 2.29. The van der Waals surface area contributed by atoms with Crippen molar-refractivity contribution in [2.24, 2.45) is 0 Å². The Kier molecular flexibility index (Phi) is 4.55. The van der Waals surface area contributed by atoms with Crippen LogP contribution in [-0.4, -0.2) is 24.8 Å². The molecule has 0 atom stereocenters. The van der Waals surface area contributed by atoms with Gasteiger partial charge in [-0.2, -0.15) is 8.78 Å². The van der Waals surface area contributed by atoms with Crippen LogP contribution in [0, 0.1) is 0 Å². The summed E-state index contributed by atoms with van der Waals surface area (Å²) in [5.41, 5.74) is 5.75. The lowest BCUT2D eigenvalue weighted by Crippen LogP contribution is -2.41. The van der Waals surface area contributed by atoms with Gasteiger partial charge in [-0.15, -0.1) is 0 Å². The molecule has 0 fully saturated rings. The highest BCUT2D eigenvalue weighted by atomic mass is 79.9. The van der Waals surface area contributed by atoms with Gasteiger partial charge in [0, 0.05) is 15.7 Å². The lowest BCUT2D eigenvalue weighted by Gasteiger charge is -2.15. The molecular weight excluding hydrogens is 320 g/mol. The number of anilines is 1. The predicted molar refractivity (Wildman–Crippen MR) is 61.8 cm³/mol. The first-order chi connectivity index (χ1) is 8.24. The van der Waals surface area contributed by atoms with Gasteiger partial charge >= 0.3 is 12.3 Å². The third-order valence-electron chi connectivity index (χ3n) is 2.06. The molecule has 0 unspecified atom stereocenters. The van der Waals surface area contributed by atoms with E-state index in [2.05, 4.69) is 15.9 Å². The van der Waals surface area contributed by atoms with E-state index in [0.717, 1.165) is 0 Å². The molecule has 100 valence electrons. The quantitative estimate of drug-likeness (QED) is 0.659. The highest BCUT2D eigenvalue weighted by Gasteiger charge is 2.40. The fourth-order valence-corrected chi connectivity index (χ4v) is 1.31. The molecule has 18 heavy (non-hydrogen) atoms. The van der Waals surface area contributed by atoms with Crippen molar-refractivity contribution in [3.63, 3.8) is 0 Å². The van der Waals surface area contributed by atoms with Gasteiger partial charge in [-0.25, -0.2) is 8.78 Å². The van der Waals surface area contributed by atoms with E-state index >= 15 is 0 Å². The normalized spacial score (nSPS) is 11.7. The molecule has 1 amide bonds. The number of alkyl halides is 4. The zero-order valence-corrected chi connectivity index (χ0v) is 10.5. The van der Waals surface area contributed by atoms with E-state index in [-0.39, 0.29) is 11.3 Å². The third kappa shape index (κ3) is 3.59. The van der Waals surface area contributed by atoms with Gasteiger partial charge in [-0.1, -0.05) is 0 Å². The van der Waals surface area contributed by atoms with Gasteiger partial charge < -0.3 is 11.1 Å². The van der Waals surface area contributed by atoms with Crippen LogP contribution in [0.5, 0.6) is 0 Å². The zero-order chi connectivity index (χ0) is 13.9. The summed E-state index contributed by atoms with van der Waals surface area (Å²) in [6, 6.07) is 4.03. The fourth-order valence-electron chi connectivity index (χ4n) is 1.06. The van der Waals surface area contributed by atoms with E-state index in [1.165, 1.54) is 18.2 Å². The predicted octanol–water partition coefficient (Wildman–Crippen LogP) is 2.66. The standard InChI is InChI=1S/C10H9BrF4N2O/c11-6-2-1-5(3-7(6)16)8(18)17-4-10(14,15)9(12)13/h1-3,9H,4,16H2,(H,17,18). The van der Waals surface area contributed by atoms with E-state index in [1.807, 2.05) is 0 Å². The molecule has 3 nitrogen and oxygen atoms in total. The number of carbonyl (C=O) groups is 1. The molecule has 1 rings (SSSR count). The van der Waals surface area contributed by atoms with E-state index in [4.69, 9.17) is 5.73 Å². The number of nitrogens with one attached hydrogen (secondary N) is 1. The summed E-state index contributed by atoms with van der Waals surface area (Å²) in [7, 11) is 0. The SMILES string of the molecule is Nc1cc(C(=O)NCC(F)(F)C(F)F)ccc1Br. The molecule has 0 saturated heterocycles. The number of benzene rings is 1. The Hall–Kier alpha value is -1.31. The monoisotopic (exact) mass is 328 g/mol. The molecule has 0 heterocycles. The zero-order valence-electron chi connectivity index (χ0n) is 8.89. The first kappa shape index (κ1) is 14.7. The number of carbonyl (C=O) groups excluding carboxylic acids is 1. The van der Waals surface area contributed by atoms with Crippen molar-refractivity contribution in [3.05, 3.63) is 28.2 Å². The first-order valence-corrected chi connectivity index (χ1v) is 5.52. The minimum atomic E-state index is -4.25. The van der Waals surface area contributed by atoms with Crippen LogP contribution < -0.4 is 11.1 Å². The van der Waals surface area contributed by atoms with Crippen molar-refractivity contribution in [1.82, 2.24) is 5.32 Å². The highest BCUT2D eigenvalue weighted by molar-refractivity contribution is 9.10. The third-order valence-corrected chi connectivity index (χ3v) is 2.78. The number of hydrogen-bond acceptors (Lipinski definition) is 2. The Morgan fingerprint density at radius 1 is 1.44 bits per heavy atom. The van der Waals surface area contributed by atoms with Crippen molar-refractivity contribution in [3.8, 4) is 0 Å². The van der Waals surface area contributed by atoms with Gasteiger partial charge in [0.2, 0.25) is 0 Å². The molecule has 0 aliphatic carbocycles. The maximum atomic E-state index is 12.6. The van der Waals surface area contributed by atoms with E-state index < -0.39 is 24.8 Å². The molecule has 1 aromatic carbocycles. The van der Waals surface area contributed by atoms with Gasteiger partial charge in [0.15, 0.2) is 0 Å². The van der Waals surface area contributed by atoms with Crippen molar-refractivity contribution in [2.45, 2.75) is 12.3 Å². The highest BCUT2D eigenvalue weighted by Crippen LogP contribution is 2.22. The molecule has 1 aromatic rings. The van der Waals surface area contributed by atoms with E-state index in [0.29, 0.717) is 4.47 Å². The number of nitrogens with two attached hydrogens (primary N) is 1.